The van der Waals surface area contributed by atoms with E-state index in [1.165, 1.54) is 0 Å². The molecule has 0 saturated carbocycles. The van der Waals surface area contributed by atoms with E-state index in [0.717, 1.165) is 0 Å². The van der Waals surface area contributed by atoms with Gasteiger partial charge in [0.25, 0.3) is 0 Å². The Morgan fingerprint density at radius 3 is 1.65 bits per heavy atom. The highest BCUT2D eigenvalue weighted by atomic mass is 16.4. The number of rotatable bonds is 2. The molecule has 0 aliphatic carbocycles. The largest absolute Gasteiger partial charge is 0.489 e. The lowest BCUT2D eigenvalue weighted by atomic mass is 9.58. The Balaban J connectivity index is 2.84. The smallest absolute Gasteiger partial charge is 0.423 e. The van der Waals surface area contributed by atoms with Gasteiger partial charge in [-0.2, -0.15) is 0 Å². The van der Waals surface area contributed by atoms with Crippen LogP contribution in [0.3, 0.4) is 0 Å². The first-order valence-electron chi connectivity index (χ1n) is 5.83. The molecule has 0 saturated heterocycles. The minimum absolute atomic E-state index is 0.116. The molecule has 0 heterocycles. The second kappa shape index (κ2) is 5.63. The van der Waals surface area contributed by atoms with Crippen LogP contribution in [-0.2, 0) is 0 Å². The van der Waals surface area contributed by atoms with E-state index in [4.69, 9.17) is 39.2 Å². The molecular formula is C12H6B6O2. The summed E-state index contributed by atoms with van der Waals surface area (Å²) >= 11 is 0. The van der Waals surface area contributed by atoms with Gasteiger partial charge in [-0.3, -0.25) is 0 Å². The van der Waals surface area contributed by atoms with Crippen molar-refractivity contribution in [1.82, 2.24) is 0 Å². The van der Waals surface area contributed by atoms with Crippen LogP contribution in [0.2, 0.25) is 0 Å². The van der Waals surface area contributed by atoms with E-state index in [-0.39, 0.29) is 32.8 Å². The Kier molecular flexibility index (Phi) is 4.26. The van der Waals surface area contributed by atoms with Crippen molar-refractivity contribution in [3.8, 4) is 11.1 Å². The molecule has 0 unspecified atom stereocenters. The van der Waals surface area contributed by atoms with Gasteiger partial charge in [-0.15, -0.1) is 16.4 Å². The van der Waals surface area contributed by atoms with Crippen LogP contribution in [0.4, 0.5) is 0 Å². The number of hydrogen-bond acceptors (Lipinski definition) is 2. The molecule has 2 nitrogen and oxygen atoms in total. The van der Waals surface area contributed by atoms with Crippen molar-refractivity contribution in [3.63, 3.8) is 0 Å². The van der Waals surface area contributed by atoms with Gasteiger partial charge in [-0.1, -0.05) is 35.2 Å². The van der Waals surface area contributed by atoms with E-state index < -0.39 is 7.12 Å². The van der Waals surface area contributed by atoms with Crippen molar-refractivity contribution in [1.29, 1.82) is 0 Å². The summed E-state index contributed by atoms with van der Waals surface area (Å²) in [5.74, 6) is 0. The van der Waals surface area contributed by atoms with Gasteiger partial charge in [0, 0.05) is 0 Å². The van der Waals surface area contributed by atoms with Gasteiger partial charge >= 0.3 is 7.12 Å². The molecule has 20 heavy (non-hydrogen) atoms. The van der Waals surface area contributed by atoms with Gasteiger partial charge in [0.05, 0.1) is 0 Å². The lowest BCUT2D eigenvalue weighted by molar-refractivity contribution is 0.426. The van der Waals surface area contributed by atoms with Crippen molar-refractivity contribution in [2.24, 2.45) is 0 Å². The van der Waals surface area contributed by atoms with Crippen LogP contribution >= 0.6 is 0 Å². The van der Waals surface area contributed by atoms with E-state index in [2.05, 4.69) is 0 Å². The fourth-order valence-corrected chi connectivity index (χ4v) is 2.09. The van der Waals surface area contributed by atoms with Crippen LogP contribution in [0.1, 0.15) is 0 Å². The van der Waals surface area contributed by atoms with E-state index in [1.807, 2.05) is 0 Å². The van der Waals surface area contributed by atoms with Gasteiger partial charge in [0.1, 0.15) is 39.2 Å². The highest BCUT2D eigenvalue weighted by Gasteiger charge is 2.19. The second-order valence-corrected chi connectivity index (χ2v) is 4.40. The number of benzene rings is 2. The van der Waals surface area contributed by atoms with Gasteiger partial charge in [-0.05, 0) is 16.6 Å². The molecule has 0 atom stereocenters. The third-order valence-corrected chi connectivity index (χ3v) is 3.21. The Labute approximate surface area is 125 Å². The molecule has 2 rings (SSSR count). The Hall–Kier alpha value is -1.25. The van der Waals surface area contributed by atoms with Crippen LogP contribution in [0.15, 0.2) is 24.3 Å². The summed E-state index contributed by atoms with van der Waals surface area (Å²) in [6.07, 6.45) is 0. The van der Waals surface area contributed by atoms with Gasteiger partial charge < -0.3 is 10.0 Å². The topological polar surface area (TPSA) is 40.5 Å². The fourth-order valence-electron chi connectivity index (χ4n) is 2.09. The minimum atomic E-state index is -1.68. The molecule has 84 valence electrons. The summed E-state index contributed by atoms with van der Waals surface area (Å²) in [6.45, 7) is 0. The molecule has 0 aromatic heterocycles. The lowest BCUT2D eigenvalue weighted by Crippen LogP contribution is -2.55. The third-order valence-electron chi connectivity index (χ3n) is 3.21. The van der Waals surface area contributed by atoms with Crippen LogP contribution < -0.4 is 32.8 Å². The summed E-state index contributed by atoms with van der Waals surface area (Å²) in [7, 11) is 27.6. The first kappa shape index (κ1) is 15.1. The van der Waals surface area contributed by atoms with Gasteiger partial charge in [0.15, 0.2) is 0 Å². The zero-order chi connectivity index (χ0) is 15.0. The first-order valence-corrected chi connectivity index (χ1v) is 5.83. The van der Waals surface area contributed by atoms with E-state index in [0.29, 0.717) is 11.1 Å². The maximum atomic E-state index is 9.43. The summed E-state index contributed by atoms with van der Waals surface area (Å²) in [5, 5.41) is 18.9. The van der Waals surface area contributed by atoms with Crippen molar-refractivity contribution >= 4 is 79.1 Å². The first-order chi connectivity index (χ1) is 9.36. The molecule has 0 bridgehead atoms. The molecule has 8 heteroatoms. The Bertz CT molecular complexity index is 642. The Morgan fingerprint density at radius 2 is 1.15 bits per heavy atom. The summed E-state index contributed by atoms with van der Waals surface area (Å²) < 4.78 is 0. The lowest BCUT2D eigenvalue weighted by Gasteiger charge is -2.22. The molecule has 2 N–H and O–H groups in total. The summed E-state index contributed by atoms with van der Waals surface area (Å²) in [5.41, 5.74) is 1.70. The Morgan fingerprint density at radius 1 is 0.700 bits per heavy atom. The van der Waals surface area contributed by atoms with Gasteiger partial charge in [0.2, 0.25) is 0 Å². The molecular weight excluding hydrogens is 241 g/mol. The van der Waals surface area contributed by atoms with Crippen LogP contribution in [0, 0.1) is 0 Å². The van der Waals surface area contributed by atoms with Crippen molar-refractivity contribution in [2.45, 2.75) is 0 Å². The maximum Gasteiger partial charge on any atom is 0.489 e. The zero-order valence-electron chi connectivity index (χ0n) is 10.7. The minimum Gasteiger partial charge on any atom is -0.423 e. The SMILES string of the molecule is [B]c1c([B])c([B])c(-c2ccccc2B(O)O)c([B])c1[B]. The number of hydrogen-bond donors (Lipinski definition) is 2. The van der Waals surface area contributed by atoms with Crippen molar-refractivity contribution in [3.05, 3.63) is 24.3 Å². The summed E-state index contributed by atoms with van der Waals surface area (Å²) in [6, 6.07) is 6.56. The molecule has 0 spiro atoms. The standard InChI is InChI=1S/C12H6B6O2/c13-8-7(9(14)11(16)12(17)10(8)15)5-3-1-2-4-6(5)18(19)20/h1-4,19-20H. The fraction of sp³-hybridized carbons (Fsp3) is 0. The van der Waals surface area contributed by atoms with E-state index >= 15 is 0 Å². The monoisotopic (exact) mass is 248 g/mol. The van der Waals surface area contributed by atoms with Gasteiger partial charge in [-0.25, -0.2) is 0 Å². The van der Waals surface area contributed by atoms with Crippen LogP contribution in [-0.4, -0.2) is 56.4 Å². The predicted octanol–water partition coefficient (Wildman–Crippen LogP) is -5.00. The molecule has 2 aromatic carbocycles. The zero-order valence-corrected chi connectivity index (χ0v) is 10.7. The molecule has 0 aliphatic heterocycles. The summed E-state index contributed by atoms with van der Waals surface area (Å²) in [4.78, 5) is 0. The highest BCUT2D eigenvalue weighted by Crippen LogP contribution is 2.11. The molecule has 0 aliphatic rings. The maximum absolute atomic E-state index is 9.43. The van der Waals surface area contributed by atoms with E-state index in [9.17, 15) is 10.0 Å². The van der Waals surface area contributed by atoms with Crippen molar-refractivity contribution in [2.75, 3.05) is 0 Å². The second-order valence-electron chi connectivity index (χ2n) is 4.40. The molecule has 0 fully saturated rings. The third kappa shape index (κ3) is 2.38. The average Bonchev–Trinajstić information content (AvgIpc) is 2.43. The van der Waals surface area contributed by atoms with Crippen molar-refractivity contribution < 1.29 is 10.0 Å². The predicted molar refractivity (Wildman–Crippen MR) is 88.6 cm³/mol. The van der Waals surface area contributed by atoms with Crippen LogP contribution in [0.25, 0.3) is 11.1 Å². The van der Waals surface area contributed by atoms with Crippen LogP contribution in [0.5, 0.6) is 0 Å². The molecule has 10 radical (unpaired) electrons. The highest BCUT2D eigenvalue weighted by molar-refractivity contribution is 6.69. The molecule has 2 aromatic rings. The van der Waals surface area contributed by atoms with E-state index in [1.54, 1.807) is 24.3 Å². The normalized spacial score (nSPS) is 10.5. The average molecular weight is 247 g/mol. The molecule has 0 amide bonds. The quantitative estimate of drug-likeness (QED) is 0.522.